The number of hydrogen-bond donors (Lipinski definition) is 3. The summed E-state index contributed by atoms with van der Waals surface area (Å²) in [4.78, 5) is 0. The summed E-state index contributed by atoms with van der Waals surface area (Å²) in [7, 11) is 0. The predicted molar refractivity (Wildman–Crippen MR) is 54.0 cm³/mol. The number of ether oxygens (including phenoxy) is 1. The predicted octanol–water partition coefficient (Wildman–Crippen LogP) is 2.51. The van der Waals surface area contributed by atoms with Crippen molar-refractivity contribution in [2.75, 3.05) is 6.61 Å². The minimum absolute atomic E-state index is 1.08. The van der Waals surface area contributed by atoms with Gasteiger partial charge in [0.05, 0.1) is 0 Å². The molecule has 0 aromatic carbocycles. The van der Waals surface area contributed by atoms with Crippen molar-refractivity contribution in [3.8, 4) is 0 Å². The molecule has 0 spiro atoms. The van der Waals surface area contributed by atoms with E-state index in [-0.39, 0.29) is 0 Å². The highest BCUT2D eigenvalue weighted by atomic mass is 19.4. The molecule has 4 nitrogen and oxygen atoms in total. The fourth-order valence-corrected chi connectivity index (χ4v) is 1.14. The summed E-state index contributed by atoms with van der Waals surface area (Å²) in [5.74, 6) is -21.0. The molecular formula is C9H11F9N2O2. The van der Waals surface area contributed by atoms with Crippen LogP contribution in [0, 0.1) is 5.41 Å². The summed E-state index contributed by atoms with van der Waals surface area (Å²) in [6.07, 6.45) is -13.2. The third-order valence-electron chi connectivity index (χ3n) is 2.36. The van der Waals surface area contributed by atoms with Crippen LogP contribution in [-0.4, -0.2) is 47.8 Å². The van der Waals surface area contributed by atoms with E-state index in [0.29, 0.717) is 0 Å². The van der Waals surface area contributed by atoms with Crippen LogP contribution in [0.1, 0.15) is 12.8 Å². The van der Waals surface area contributed by atoms with Gasteiger partial charge in [0.2, 0.25) is 0 Å². The molecular weight excluding hydrogens is 339 g/mol. The highest BCUT2D eigenvalue weighted by Gasteiger charge is 2.81. The first-order valence-corrected chi connectivity index (χ1v) is 5.42. The van der Waals surface area contributed by atoms with Gasteiger partial charge < -0.3 is 10.8 Å². The topological polar surface area (TPSA) is 79.3 Å². The van der Waals surface area contributed by atoms with Crippen molar-refractivity contribution in [1.82, 2.24) is 0 Å². The van der Waals surface area contributed by atoms with Crippen LogP contribution in [0.2, 0.25) is 0 Å². The minimum Gasteiger partial charge on any atom is -0.396 e. The fraction of sp³-hybridized carbons (Fsp3) is 0.889. The molecule has 0 saturated heterocycles. The van der Waals surface area contributed by atoms with E-state index in [4.69, 9.17) is 10.5 Å². The summed E-state index contributed by atoms with van der Waals surface area (Å²) in [5, 5.41) is 14.5. The number of nitrogens with two attached hydrogens (primary N) is 1. The Morgan fingerprint density at radius 2 is 1.50 bits per heavy atom. The second kappa shape index (κ2) is 6.48. The molecule has 132 valence electrons. The Morgan fingerprint density at radius 1 is 1.05 bits per heavy atom. The zero-order chi connectivity index (χ0) is 18.0. The highest BCUT2D eigenvalue weighted by molar-refractivity contribution is 5.80. The molecule has 13 heteroatoms. The summed E-state index contributed by atoms with van der Waals surface area (Å²) in [6, 6.07) is 0. The molecule has 0 amide bonds. The molecule has 0 aromatic heterocycles. The summed E-state index contributed by atoms with van der Waals surface area (Å²) in [6.45, 7) is -1.08. The van der Waals surface area contributed by atoms with Crippen LogP contribution in [0.15, 0.2) is 0 Å². The molecule has 0 aliphatic carbocycles. The van der Waals surface area contributed by atoms with Gasteiger partial charge in [-0.3, -0.25) is 10.1 Å². The van der Waals surface area contributed by atoms with Crippen LogP contribution in [0.3, 0.4) is 0 Å². The Kier molecular flexibility index (Phi) is 6.11. The Labute approximate surface area is 117 Å². The monoisotopic (exact) mass is 350 g/mol. The molecule has 22 heavy (non-hydrogen) atoms. The number of aliphatic hydroxyl groups excluding tert-OH is 1. The number of halogens is 9. The zero-order valence-corrected chi connectivity index (χ0v) is 10.5. The van der Waals surface area contributed by atoms with Gasteiger partial charge in [-0.25, -0.2) is 4.39 Å². The van der Waals surface area contributed by atoms with Crippen molar-refractivity contribution < 1.29 is 49.4 Å². The van der Waals surface area contributed by atoms with E-state index in [1.807, 2.05) is 0 Å². The first-order valence-electron chi connectivity index (χ1n) is 5.42. The average molecular weight is 350 g/mol. The Morgan fingerprint density at radius 3 is 1.86 bits per heavy atom. The average Bonchev–Trinajstić information content (AvgIpc) is 2.34. The van der Waals surface area contributed by atoms with Crippen LogP contribution in [0.25, 0.3) is 0 Å². The van der Waals surface area contributed by atoms with Crippen molar-refractivity contribution in [2.45, 2.75) is 43.1 Å². The van der Waals surface area contributed by atoms with Gasteiger partial charge in [-0.15, -0.1) is 0 Å². The van der Waals surface area contributed by atoms with E-state index in [1.54, 1.807) is 0 Å². The molecule has 0 rings (SSSR count). The first kappa shape index (κ1) is 20.8. The summed E-state index contributed by atoms with van der Waals surface area (Å²) in [5.41, 5.74) is 4.29. The molecule has 4 N–H and O–H groups in total. The van der Waals surface area contributed by atoms with Crippen LogP contribution in [-0.2, 0) is 4.74 Å². The van der Waals surface area contributed by atoms with Gasteiger partial charge in [-0.05, 0) is 6.42 Å². The van der Waals surface area contributed by atoms with E-state index >= 15 is 0 Å². The first-order chi connectivity index (χ1) is 9.64. The molecule has 0 aromatic rings. The van der Waals surface area contributed by atoms with E-state index in [1.165, 1.54) is 0 Å². The third kappa shape index (κ3) is 3.74. The maximum absolute atomic E-state index is 13.1. The summed E-state index contributed by atoms with van der Waals surface area (Å²) >= 11 is 0. The zero-order valence-electron chi connectivity index (χ0n) is 10.5. The largest absolute Gasteiger partial charge is 0.428 e. The van der Waals surface area contributed by atoms with Gasteiger partial charge in [-0.1, -0.05) is 0 Å². The Bertz CT molecular complexity index is 403. The van der Waals surface area contributed by atoms with Gasteiger partial charge in [-0.2, -0.15) is 35.1 Å². The minimum atomic E-state index is -6.82. The van der Waals surface area contributed by atoms with Gasteiger partial charge in [0.15, 0.2) is 5.84 Å². The van der Waals surface area contributed by atoms with Crippen molar-refractivity contribution >= 4 is 5.84 Å². The van der Waals surface area contributed by atoms with E-state index in [2.05, 4.69) is 10.5 Å². The maximum atomic E-state index is 13.1. The van der Waals surface area contributed by atoms with Gasteiger partial charge >= 0.3 is 23.9 Å². The number of hydrogen-bond acceptors (Lipinski definition) is 3. The van der Waals surface area contributed by atoms with Crippen LogP contribution in [0.5, 0.6) is 0 Å². The number of amidine groups is 1. The molecule has 0 radical (unpaired) electrons. The summed E-state index contributed by atoms with van der Waals surface area (Å²) < 4.78 is 119. The van der Waals surface area contributed by atoms with Gasteiger partial charge in [0.25, 0.3) is 6.36 Å². The van der Waals surface area contributed by atoms with Crippen molar-refractivity contribution in [2.24, 2.45) is 5.73 Å². The number of nitrogens with one attached hydrogen (secondary N) is 1. The van der Waals surface area contributed by atoms with Crippen LogP contribution >= 0.6 is 0 Å². The quantitative estimate of drug-likeness (QED) is 0.340. The lowest BCUT2D eigenvalue weighted by Gasteiger charge is -2.36. The van der Waals surface area contributed by atoms with E-state index in [0.717, 1.165) is 0 Å². The number of aliphatic hydroxyl groups is 1. The molecule has 0 aliphatic heterocycles. The SMILES string of the molecule is N=C(N)C(F)OC(F)(F)C(F)(F)C(F)(F)C(F)(F)CCCO. The highest BCUT2D eigenvalue weighted by Crippen LogP contribution is 2.54. The second-order valence-electron chi connectivity index (χ2n) is 4.09. The second-order valence-corrected chi connectivity index (χ2v) is 4.09. The smallest absolute Gasteiger partial charge is 0.396 e. The third-order valence-corrected chi connectivity index (χ3v) is 2.36. The van der Waals surface area contributed by atoms with Crippen molar-refractivity contribution in [3.05, 3.63) is 0 Å². The van der Waals surface area contributed by atoms with Crippen molar-refractivity contribution in [3.63, 3.8) is 0 Å². The van der Waals surface area contributed by atoms with Crippen LogP contribution < -0.4 is 5.73 Å². The maximum Gasteiger partial charge on any atom is 0.428 e. The molecule has 0 fully saturated rings. The fourth-order valence-electron chi connectivity index (χ4n) is 1.14. The molecule has 0 bridgehead atoms. The lowest BCUT2D eigenvalue weighted by Crippen LogP contribution is -2.63. The molecule has 0 saturated carbocycles. The van der Waals surface area contributed by atoms with Gasteiger partial charge in [0, 0.05) is 13.0 Å². The molecule has 1 unspecified atom stereocenters. The lowest BCUT2D eigenvalue weighted by molar-refractivity contribution is -0.437. The number of rotatable bonds is 9. The lowest BCUT2D eigenvalue weighted by atomic mass is 9.99. The Balaban J connectivity index is 5.52. The van der Waals surface area contributed by atoms with Crippen molar-refractivity contribution in [1.29, 1.82) is 5.41 Å². The van der Waals surface area contributed by atoms with Gasteiger partial charge in [0.1, 0.15) is 0 Å². The molecule has 0 heterocycles. The standard InChI is InChI=1S/C9H11F9N2O2/c10-4(5(19)20)22-9(17,18)8(15,16)7(13,14)6(11,12)2-1-3-21/h4,21H,1-3H2,(H3,19,20). The van der Waals surface area contributed by atoms with E-state index < -0.39 is 55.5 Å². The molecule has 0 aliphatic rings. The number of alkyl halides is 9. The van der Waals surface area contributed by atoms with Crippen LogP contribution in [0.4, 0.5) is 39.5 Å². The van der Waals surface area contributed by atoms with E-state index in [9.17, 15) is 39.5 Å². The molecule has 1 atom stereocenters. The normalized spacial score (nSPS) is 15.7. The Hall–Kier alpha value is -1.24.